The van der Waals surface area contributed by atoms with Crippen molar-refractivity contribution >= 4 is 29.0 Å². The number of aromatic nitrogens is 2. The molecule has 1 amide bonds. The molecule has 0 fully saturated rings. The van der Waals surface area contributed by atoms with Gasteiger partial charge in [0.15, 0.2) is 0 Å². The lowest BCUT2D eigenvalue weighted by Gasteiger charge is -2.12. The van der Waals surface area contributed by atoms with Gasteiger partial charge in [0.25, 0.3) is 5.91 Å². The van der Waals surface area contributed by atoms with Crippen molar-refractivity contribution in [2.24, 2.45) is 0 Å². The number of methoxy groups -OCH3 is 1. The number of ether oxygens (including phenoxy) is 1. The molecule has 2 rings (SSSR count). The van der Waals surface area contributed by atoms with Crippen molar-refractivity contribution in [2.45, 2.75) is 33.1 Å². The van der Waals surface area contributed by atoms with Gasteiger partial charge in [-0.25, -0.2) is 9.97 Å². The predicted octanol–water partition coefficient (Wildman–Crippen LogP) is 4.11. The Bertz CT molecular complexity index is 737. The average molecular weight is 363 g/mol. The molecule has 0 bridgehead atoms. The van der Waals surface area contributed by atoms with Gasteiger partial charge < -0.3 is 15.4 Å². The third kappa shape index (κ3) is 5.60. The summed E-state index contributed by atoms with van der Waals surface area (Å²) in [6.45, 7) is 4.51. The van der Waals surface area contributed by atoms with Crippen molar-refractivity contribution in [3.05, 3.63) is 40.8 Å². The number of carbonyl (C=O) groups excluding carboxylic acids is 1. The van der Waals surface area contributed by atoms with Crippen LogP contribution in [0.25, 0.3) is 0 Å². The Kier molecular flexibility index (Phi) is 7.01. The molecule has 0 saturated carbocycles. The molecule has 0 spiro atoms. The molecule has 1 aromatic heterocycles. The highest BCUT2D eigenvalue weighted by Gasteiger charge is 2.12. The van der Waals surface area contributed by atoms with Crippen LogP contribution < -0.4 is 15.4 Å². The summed E-state index contributed by atoms with van der Waals surface area (Å²) in [5, 5.41) is 6.59. The minimum absolute atomic E-state index is 0.206. The molecule has 0 saturated heterocycles. The van der Waals surface area contributed by atoms with Crippen LogP contribution in [0, 0.1) is 6.92 Å². The first-order chi connectivity index (χ1) is 12.0. The number of hydrogen-bond acceptors (Lipinski definition) is 5. The average Bonchev–Trinajstić information content (AvgIpc) is 2.58. The lowest BCUT2D eigenvalue weighted by atomic mass is 10.2. The number of nitrogens with one attached hydrogen (secondary N) is 2. The minimum atomic E-state index is -0.206. The molecule has 1 aromatic carbocycles. The highest BCUT2D eigenvalue weighted by Crippen LogP contribution is 2.30. The zero-order valence-corrected chi connectivity index (χ0v) is 15.5. The topological polar surface area (TPSA) is 76.1 Å². The Morgan fingerprint density at radius 1 is 1.24 bits per heavy atom. The molecule has 0 unspecified atom stereocenters. The third-order valence-corrected chi connectivity index (χ3v) is 3.80. The Morgan fingerprint density at radius 3 is 2.76 bits per heavy atom. The maximum Gasteiger partial charge on any atom is 0.270 e. The molecule has 134 valence electrons. The molecule has 2 N–H and O–H groups in total. The number of anilines is 2. The molecule has 0 aliphatic rings. The van der Waals surface area contributed by atoms with Crippen LogP contribution >= 0.6 is 11.6 Å². The number of nitrogens with zero attached hydrogens (tertiary/aromatic N) is 2. The van der Waals surface area contributed by atoms with E-state index in [1.807, 2.05) is 0 Å². The number of aryl methyl sites for hydroxylation is 1. The van der Waals surface area contributed by atoms with Gasteiger partial charge >= 0.3 is 0 Å². The zero-order valence-electron chi connectivity index (χ0n) is 14.7. The maximum absolute atomic E-state index is 12.3. The van der Waals surface area contributed by atoms with Gasteiger partial charge in [0.1, 0.15) is 23.1 Å². The van der Waals surface area contributed by atoms with Crippen molar-refractivity contribution in [1.82, 2.24) is 15.3 Å². The van der Waals surface area contributed by atoms with E-state index >= 15 is 0 Å². The van der Waals surface area contributed by atoms with Crippen LogP contribution in [0.1, 0.15) is 42.5 Å². The van der Waals surface area contributed by atoms with Gasteiger partial charge in [-0.1, -0.05) is 31.4 Å². The van der Waals surface area contributed by atoms with Crippen molar-refractivity contribution in [1.29, 1.82) is 0 Å². The van der Waals surface area contributed by atoms with Gasteiger partial charge in [0.2, 0.25) is 0 Å². The molecule has 6 nitrogen and oxygen atoms in total. The van der Waals surface area contributed by atoms with Crippen LogP contribution in [0.2, 0.25) is 5.02 Å². The molecular weight excluding hydrogens is 340 g/mol. The Hall–Kier alpha value is -2.34. The largest absolute Gasteiger partial charge is 0.495 e. The van der Waals surface area contributed by atoms with Crippen LogP contribution in [-0.2, 0) is 0 Å². The van der Waals surface area contributed by atoms with E-state index in [0.29, 0.717) is 40.3 Å². The van der Waals surface area contributed by atoms with E-state index in [-0.39, 0.29) is 5.91 Å². The first kappa shape index (κ1) is 19.0. The standard InChI is InChI=1S/C18H23ClN4O2/c1-4-5-6-9-20-18(24)15-11-17(22-12(2)21-15)23-14-10-13(19)7-8-16(14)25-3/h7-8,10-11H,4-6,9H2,1-3H3,(H,20,24)(H,21,22,23). The molecule has 0 aliphatic carbocycles. The number of benzene rings is 1. The predicted molar refractivity (Wildman–Crippen MR) is 99.9 cm³/mol. The lowest BCUT2D eigenvalue weighted by molar-refractivity contribution is 0.0947. The monoisotopic (exact) mass is 362 g/mol. The van der Waals surface area contributed by atoms with Crippen LogP contribution in [0.15, 0.2) is 24.3 Å². The smallest absolute Gasteiger partial charge is 0.270 e. The quantitative estimate of drug-likeness (QED) is 0.691. The molecule has 25 heavy (non-hydrogen) atoms. The van der Waals surface area contributed by atoms with E-state index in [2.05, 4.69) is 27.5 Å². The summed E-state index contributed by atoms with van der Waals surface area (Å²) in [7, 11) is 1.58. The van der Waals surface area contributed by atoms with Gasteiger partial charge in [0.05, 0.1) is 12.8 Å². The summed E-state index contributed by atoms with van der Waals surface area (Å²) >= 11 is 6.04. The summed E-state index contributed by atoms with van der Waals surface area (Å²) in [4.78, 5) is 20.8. The van der Waals surface area contributed by atoms with E-state index in [0.717, 1.165) is 19.3 Å². The van der Waals surface area contributed by atoms with Crippen molar-refractivity contribution in [3.8, 4) is 5.75 Å². The molecule has 0 radical (unpaired) electrons. The zero-order chi connectivity index (χ0) is 18.2. The normalized spacial score (nSPS) is 10.4. The molecule has 1 heterocycles. The first-order valence-electron chi connectivity index (χ1n) is 8.28. The summed E-state index contributed by atoms with van der Waals surface area (Å²) in [5.74, 6) is 1.44. The van der Waals surface area contributed by atoms with Crippen molar-refractivity contribution in [2.75, 3.05) is 19.0 Å². The van der Waals surface area contributed by atoms with Gasteiger partial charge in [-0.3, -0.25) is 4.79 Å². The SMILES string of the molecule is CCCCCNC(=O)c1cc(Nc2cc(Cl)ccc2OC)nc(C)n1. The molecule has 2 aromatic rings. The number of rotatable bonds is 8. The number of amides is 1. The summed E-state index contributed by atoms with van der Waals surface area (Å²) in [6.07, 6.45) is 3.15. The van der Waals surface area contributed by atoms with Gasteiger partial charge in [-0.15, -0.1) is 0 Å². The second kappa shape index (κ2) is 9.22. The van der Waals surface area contributed by atoms with Gasteiger partial charge in [-0.2, -0.15) is 0 Å². The minimum Gasteiger partial charge on any atom is -0.495 e. The van der Waals surface area contributed by atoms with E-state index in [4.69, 9.17) is 16.3 Å². The summed E-state index contributed by atoms with van der Waals surface area (Å²) < 4.78 is 5.31. The Balaban J connectivity index is 2.16. The Labute approximate surface area is 153 Å². The molecule has 7 heteroatoms. The second-order valence-electron chi connectivity index (χ2n) is 5.62. The summed E-state index contributed by atoms with van der Waals surface area (Å²) in [5.41, 5.74) is 0.995. The fourth-order valence-corrected chi connectivity index (χ4v) is 2.50. The maximum atomic E-state index is 12.3. The van der Waals surface area contributed by atoms with Crippen molar-refractivity contribution < 1.29 is 9.53 Å². The van der Waals surface area contributed by atoms with E-state index < -0.39 is 0 Å². The lowest BCUT2D eigenvalue weighted by Crippen LogP contribution is -2.25. The van der Waals surface area contributed by atoms with E-state index in [1.54, 1.807) is 38.3 Å². The third-order valence-electron chi connectivity index (χ3n) is 3.56. The van der Waals surface area contributed by atoms with Crippen LogP contribution in [0.5, 0.6) is 5.75 Å². The summed E-state index contributed by atoms with van der Waals surface area (Å²) in [6, 6.07) is 6.86. The number of hydrogen-bond donors (Lipinski definition) is 2. The Morgan fingerprint density at radius 2 is 2.04 bits per heavy atom. The highest BCUT2D eigenvalue weighted by molar-refractivity contribution is 6.31. The molecular formula is C18H23ClN4O2. The van der Waals surface area contributed by atoms with Crippen molar-refractivity contribution in [3.63, 3.8) is 0 Å². The fraction of sp³-hybridized carbons (Fsp3) is 0.389. The number of unbranched alkanes of at least 4 members (excludes halogenated alkanes) is 2. The number of carbonyl (C=O) groups is 1. The van der Waals surface area contributed by atoms with Gasteiger partial charge in [-0.05, 0) is 31.5 Å². The molecule has 0 aliphatic heterocycles. The van der Waals surface area contributed by atoms with Crippen LogP contribution in [0.4, 0.5) is 11.5 Å². The first-order valence-corrected chi connectivity index (χ1v) is 8.65. The second-order valence-corrected chi connectivity index (χ2v) is 6.05. The van der Waals surface area contributed by atoms with Crippen LogP contribution in [-0.4, -0.2) is 29.5 Å². The number of halogens is 1. The van der Waals surface area contributed by atoms with E-state index in [9.17, 15) is 4.79 Å². The van der Waals surface area contributed by atoms with Crippen LogP contribution in [0.3, 0.4) is 0 Å². The van der Waals surface area contributed by atoms with E-state index in [1.165, 1.54) is 0 Å². The highest BCUT2D eigenvalue weighted by atomic mass is 35.5. The fourth-order valence-electron chi connectivity index (χ4n) is 2.33. The van der Waals surface area contributed by atoms with Gasteiger partial charge in [0, 0.05) is 17.6 Å². The molecule has 0 atom stereocenters.